The van der Waals surface area contributed by atoms with Crippen LogP contribution >= 0.6 is 0 Å². The van der Waals surface area contributed by atoms with Crippen LogP contribution in [0.15, 0.2) is 83.7 Å². The van der Waals surface area contributed by atoms with Gasteiger partial charge in [-0.2, -0.15) is 0 Å². The monoisotopic (exact) mass is 489 g/mol. The number of amides is 1. The van der Waals surface area contributed by atoms with Gasteiger partial charge in [0.25, 0.3) is 11.5 Å². The molecule has 1 aliphatic carbocycles. The van der Waals surface area contributed by atoms with Gasteiger partial charge >= 0.3 is 0 Å². The van der Waals surface area contributed by atoms with Crippen molar-refractivity contribution in [3.8, 4) is 5.69 Å². The Balaban J connectivity index is 1.53. The molecule has 1 fully saturated rings. The summed E-state index contributed by atoms with van der Waals surface area (Å²) in [6.07, 6.45) is 5.36. The predicted molar refractivity (Wildman–Crippen MR) is 136 cm³/mol. The zero-order chi connectivity index (χ0) is 24.4. The maximum atomic E-state index is 13.6. The van der Waals surface area contributed by atoms with Crippen molar-refractivity contribution in [2.75, 3.05) is 0 Å². The maximum Gasteiger partial charge on any atom is 0.279 e. The molecule has 1 heterocycles. The minimum absolute atomic E-state index is 0.132. The van der Waals surface area contributed by atoms with Crippen LogP contribution in [0.5, 0.6) is 0 Å². The number of rotatable bonds is 6. The van der Waals surface area contributed by atoms with E-state index in [-0.39, 0.29) is 22.9 Å². The van der Waals surface area contributed by atoms with Crippen LogP contribution in [-0.2, 0) is 15.8 Å². The molecule has 0 bridgehead atoms. The van der Waals surface area contributed by atoms with Gasteiger partial charge in [0.15, 0.2) is 0 Å². The maximum absolute atomic E-state index is 13.6. The van der Waals surface area contributed by atoms with E-state index >= 15 is 0 Å². The fourth-order valence-electron chi connectivity index (χ4n) is 4.89. The van der Waals surface area contributed by atoms with E-state index in [1.54, 1.807) is 47.1 Å². The zero-order valence-corrected chi connectivity index (χ0v) is 20.1. The van der Waals surface area contributed by atoms with Crippen LogP contribution in [0.4, 0.5) is 0 Å². The summed E-state index contributed by atoms with van der Waals surface area (Å²) in [6.45, 7) is 0. The molecule has 5 rings (SSSR count). The zero-order valence-electron chi connectivity index (χ0n) is 19.3. The summed E-state index contributed by atoms with van der Waals surface area (Å²) in [5.74, 6) is -1.06. The molecule has 35 heavy (non-hydrogen) atoms. The minimum atomic E-state index is -3.90. The SMILES string of the molecule is O=C(NS(=O)(=O)Cc1ccccc1)c1ccc2c(c1)c(=O)n(-c1ccccc1)n2C1CCCCC1. The molecule has 1 aromatic heterocycles. The third kappa shape index (κ3) is 4.79. The van der Waals surface area contributed by atoms with Crippen molar-refractivity contribution in [1.29, 1.82) is 0 Å². The predicted octanol–water partition coefficient (Wildman–Crippen LogP) is 4.56. The Morgan fingerprint density at radius 3 is 2.23 bits per heavy atom. The number of hydrogen-bond acceptors (Lipinski definition) is 4. The number of sulfonamides is 1. The standard InChI is InChI=1S/C27H27N3O4S/c31-26(28-35(33,34)19-20-10-4-1-5-11-20)21-16-17-25-24(18-21)27(32)30(23-14-8-3-9-15-23)29(25)22-12-6-2-7-13-22/h1,3-5,8-11,14-18,22H,2,6-7,12-13,19H2,(H,28,31). The summed E-state index contributed by atoms with van der Waals surface area (Å²) in [6, 6.07) is 23.2. The van der Waals surface area contributed by atoms with Crippen LogP contribution in [-0.4, -0.2) is 23.7 Å². The summed E-state index contributed by atoms with van der Waals surface area (Å²) >= 11 is 0. The van der Waals surface area contributed by atoms with Gasteiger partial charge in [-0.15, -0.1) is 0 Å². The fourth-order valence-corrected chi connectivity index (χ4v) is 6.00. The lowest BCUT2D eigenvalue weighted by Crippen LogP contribution is -2.31. The second kappa shape index (κ2) is 9.54. The molecule has 1 N–H and O–H groups in total. The van der Waals surface area contributed by atoms with Crippen LogP contribution in [0.2, 0.25) is 0 Å². The molecule has 4 aromatic rings. The van der Waals surface area contributed by atoms with Gasteiger partial charge in [-0.1, -0.05) is 67.8 Å². The molecule has 8 heteroatoms. The molecule has 1 saturated carbocycles. The molecule has 1 amide bonds. The molecule has 0 saturated heterocycles. The summed E-state index contributed by atoms with van der Waals surface area (Å²) < 4.78 is 31.0. The Morgan fingerprint density at radius 2 is 1.54 bits per heavy atom. The van der Waals surface area contributed by atoms with Gasteiger partial charge in [0, 0.05) is 5.56 Å². The number of carbonyl (C=O) groups excluding carboxylic acids is 1. The van der Waals surface area contributed by atoms with Gasteiger partial charge in [-0.3, -0.25) is 14.3 Å². The van der Waals surface area contributed by atoms with Crippen LogP contribution < -0.4 is 10.3 Å². The van der Waals surface area contributed by atoms with E-state index in [2.05, 4.69) is 9.40 Å². The number of hydrogen-bond donors (Lipinski definition) is 1. The Labute approximate surface area is 204 Å². The van der Waals surface area contributed by atoms with Crippen molar-refractivity contribution >= 4 is 26.8 Å². The van der Waals surface area contributed by atoms with Gasteiger partial charge in [0.2, 0.25) is 10.0 Å². The fraction of sp³-hybridized carbons (Fsp3) is 0.259. The van der Waals surface area contributed by atoms with Crippen LogP contribution in [0.25, 0.3) is 16.6 Å². The molecule has 0 atom stereocenters. The van der Waals surface area contributed by atoms with Gasteiger partial charge in [-0.25, -0.2) is 17.8 Å². The Kier molecular flexibility index (Phi) is 6.30. The van der Waals surface area contributed by atoms with Gasteiger partial charge in [-0.05, 0) is 48.7 Å². The van der Waals surface area contributed by atoms with Crippen molar-refractivity contribution in [3.63, 3.8) is 0 Å². The van der Waals surface area contributed by atoms with E-state index in [0.717, 1.165) is 36.9 Å². The third-order valence-corrected chi connectivity index (χ3v) is 7.72. The lowest BCUT2D eigenvalue weighted by atomic mass is 9.95. The van der Waals surface area contributed by atoms with Crippen molar-refractivity contribution < 1.29 is 13.2 Å². The molecular formula is C27H27N3O4S. The van der Waals surface area contributed by atoms with Crippen LogP contribution in [0, 0.1) is 0 Å². The molecule has 3 aromatic carbocycles. The number of nitrogens with zero attached hydrogens (tertiary/aromatic N) is 2. The first-order valence-corrected chi connectivity index (χ1v) is 13.5. The Morgan fingerprint density at radius 1 is 0.886 bits per heavy atom. The van der Waals surface area contributed by atoms with Crippen molar-refractivity contribution in [3.05, 3.63) is 100 Å². The smallest absolute Gasteiger partial charge is 0.274 e. The number of benzene rings is 3. The summed E-state index contributed by atoms with van der Waals surface area (Å²) in [5, 5.41) is 0.396. The highest BCUT2D eigenvalue weighted by Crippen LogP contribution is 2.31. The molecular weight excluding hydrogens is 462 g/mol. The van der Waals surface area contributed by atoms with Gasteiger partial charge in [0.05, 0.1) is 28.4 Å². The molecule has 0 spiro atoms. The second-order valence-corrected chi connectivity index (χ2v) is 10.7. The highest BCUT2D eigenvalue weighted by Gasteiger charge is 2.25. The Bertz CT molecular complexity index is 1520. The van der Waals surface area contributed by atoms with Gasteiger partial charge in [0.1, 0.15) is 0 Å². The third-order valence-electron chi connectivity index (χ3n) is 6.51. The number of fused-ring (bicyclic) bond motifs is 1. The molecule has 180 valence electrons. The highest BCUT2D eigenvalue weighted by atomic mass is 32.2. The van der Waals surface area contributed by atoms with E-state index in [9.17, 15) is 18.0 Å². The molecule has 0 radical (unpaired) electrons. The largest absolute Gasteiger partial charge is 0.279 e. The number of aromatic nitrogens is 2. The van der Waals surface area contributed by atoms with E-state index in [0.29, 0.717) is 10.9 Å². The first-order chi connectivity index (χ1) is 16.9. The number of nitrogens with one attached hydrogen (secondary N) is 1. The first kappa shape index (κ1) is 23.1. The van der Waals surface area contributed by atoms with Gasteiger partial charge < -0.3 is 0 Å². The minimum Gasteiger partial charge on any atom is -0.274 e. The Hall–Kier alpha value is -3.65. The quantitative estimate of drug-likeness (QED) is 0.430. The first-order valence-electron chi connectivity index (χ1n) is 11.8. The van der Waals surface area contributed by atoms with E-state index in [4.69, 9.17) is 0 Å². The topological polar surface area (TPSA) is 90.2 Å². The van der Waals surface area contributed by atoms with Crippen molar-refractivity contribution in [2.24, 2.45) is 0 Å². The van der Waals surface area contributed by atoms with E-state index in [1.165, 1.54) is 12.5 Å². The second-order valence-electron chi connectivity index (χ2n) is 9.00. The van der Waals surface area contributed by atoms with E-state index < -0.39 is 15.9 Å². The van der Waals surface area contributed by atoms with E-state index in [1.807, 2.05) is 30.3 Å². The molecule has 0 unspecified atom stereocenters. The lowest BCUT2D eigenvalue weighted by Gasteiger charge is -2.26. The lowest BCUT2D eigenvalue weighted by molar-refractivity contribution is 0.0981. The number of carbonyl (C=O) groups is 1. The van der Waals surface area contributed by atoms with Crippen molar-refractivity contribution in [1.82, 2.24) is 14.1 Å². The highest BCUT2D eigenvalue weighted by molar-refractivity contribution is 7.89. The summed E-state index contributed by atoms with van der Waals surface area (Å²) in [4.78, 5) is 26.4. The summed E-state index contributed by atoms with van der Waals surface area (Å²) in [5.41, 5.74) is 1.99. The normalized spacial score (nSPS) is 14.7. The van der Waals surface area contributed by atoms with Crippen LogP contribution in [0.3, 0.4) is 0 Å². The number of para-hydroxylation sites is 1. The van der Waals surface area contributed by atoms with Crippen molar-refractivity contribution in [2.45, 2.75) is 43.9 Å². The molecule has 7 nitrogen and oxygen atoms in total. The summed E-state index contributed by atoms with van der Waals surface area (Å²) in [7, 11) is -3.90. The molecule has 0 aliphatic heterocycles. The molecule has 1 aliphatic rings. The average Bonchev–Trinajstić information content (AvgIpc) is 3.17. The van der Waals surface area contributed by atoms with Crippen LogP contribution in [0.1, 0.15) is 54.1 Å². The average molecular weight is 490 g/mol.